The zero-order valence-electron chi connectivity index (χ0n) is 10.1. The van der Waals surface area contributed by atoms with Gasteiger partial charge in [0, 0.05) is 24.7 Å². The predicted octanol–water partition coefficient (Wildman–Crippen LogP) is 2.17. The fourth-order valence-corrected chi connectivity index (χ4v) is 2.70. The van der Waals surface area contributed by atoms with Crippen LogP contribution in [0.3, 0.4) is 0 Å². The summed E-state index contributed by atoms with van der Waals surface area (Å²) in [5, 5.41) is 3.46. The monoisotopic (exact) mass is 208 g/mol. The Morgan fingerprint density at radius 3 is 2.60 bits per heavy atom. The molecule has 2 rings (SSSR count). The molecule has 2 nitrogen and oxygen atoms in total. The lowest BCUT2D eigenvalue weighted by atomic mass is 9.88. The molecule has 1 heterocycles. The molecule has 1 aliphatic carbocycles. The highest BCUT2D eigenvalue weighted by Gasteiger charge is 2.30. The van der Waals surface area contributed by atoms with Crippen LogP contribution in [0.1, 0.15) is 39.0 Å². The minimum absolute atomic E-state index is 0.384. The van der Waals surface area contributed by atoms with E-state index in [1.165, 1.54) is 45.2 Å². The van der Waals surface area contributed by atoms with E-state index in [9.17, 15) is 0 Å². The third-order valence-electron chi connectivity index (χ3n) is 4.20. The number of allylic oxidation sites excluding steroid dienone is 1. The number of likely N-dealkylation sites (tertiary alicyclic amines) is 1. The molecule has 15 heavy (non-hydrogen) atoms. The molecule has 1 atom stereocenters. The maximum absolute atomic E-state index is 3.46. The lowest BCUT2D eigenvalue weighted by molar-refractivity contribution is 0.122. The molecule has 1 saturated heterocycles. The molecule has 0 radical (unpaired) electrons. The first-order valence-corrected chi connectivity index (χ1v) is 6.33. The molecule has 2 heteroatoms. The third-order valence-corrected chi connectivity index (χ3v) is 4.20. The highest BCUT2D eigenvalue weighted by molar-refractivity contribution is 5.01. The van der Waals surface area contributed by atoms with E-state index in [0.717, 1.165) is 6.04 Å². The highest BCUT2D eigenvalue weighted by Crippen LogP contribution is 2.25. The molecule has 1 fully saturated rings. The van der Waals surface area contributed by atoms with E-state index in [4.69, 9.17) is 0 Å². The number of rotatable bonds is 2. The zero-order chi connectivity index (χ0) is 10.7. The van der Waals surface area contributed by atoms with Gasteiger partial charge in [0.2, 0.25) is 0 Å². The minimum Gasteiger partial charge on any atom is -0.314 e. The van der Waals surface area contributed by atoms with Crippen LogP contribution in [-0.4, -0.2) is 36.6 Å². The first kappa shape index (κ1) is 11.2. The van der Waals surface area contributed by atoms with Crippen molar-refractivity contribution in [1.82, 2.24) is 10.2 Å². The first-order chi connectivity index (χ1) is 7.23. The van der Waals surface area contributed by atoms with Gasteiger partial charge in [-0.25, -0.2) is 0 Å². The average molecular weight is 208 g/mol. The predicted molar refractivity (Wildman–Crippen MR) is 65.1 cm³/mol. The second-order valence-corrected chi connectivity index (χ2v) is 5.27. The zero-order valence-corrected chi connectivity index (χ0v) is 10.1. The Hall–Kier alpha value is -0.340. The van der Waals surface area contributed by atoms with Gasteiger partial charge in [-0.2, -0.15) is 0 Å². The summed E-state index contributed by atoms with van der Waals surface area (Å²) >= 11 is 0. The summed E-state index contributed by atoms with van der Waals surface area (Å²) in [6.07, 6.45) is 11.4. The quantitative estimate of drug-likeness (QED) is 0.700. The second-order valence-electron chi connectivity index (χ2n) is 5.27. The molecule has 86 valence electrons. The van der Waals surface area contributed by atoms with Gasteiger partial charge < -0.3 is 5.32 Å². The number of nitrogens with one attached hydrogen (secondary N) is 1. The summed E-state index contributed by atoms with van der Waals surface area (Å²) in [6, 6.07) is 0.736. The van der Waals surface area contributed by atoms with Crippen LogP contribution < -0.4 is 5.32 Å². The number of hydrogen-bond donors (Lipinski definition) is 1. The Bertz CT molecular complexity index is 227. The van der Waals surface area contributed by atoms with Crippen molar-refractivity contribution in [2.75, 3.05) is 20.1 Å². The molecule has 0 saturated carbocycles. The van der Waals surface area contributed by atoms with E-state index in [1.54, 1.807) is 0 Å². The van der Waals surface area contributed by atoms with Gasteiger partial charge in [-0.15, -0.1) is 0 Å². The summed E-state index contributed by atoms with van der Waals surface area (Å²) in [7, 11) is 2.09. The van der Waals surface area contributed by atoms with E-state index in [2.05, 4.69) is 36.3 Å². The highest BCUT2D eigenvalue weighted by atomic mass is 15.2. The van der Waals surface area contributed by atoms with Crippen molar-refractivity contribution in [3.63, 3.8) is 0 Å². The average Bonchev–Trinajstić information content (AvgIpc) is 2.31. The van der Waals surface area contributed by atoms with Gasteiger partial charge in [0.1, 0.15) is 0 Å². The fraction of sp³-hybridized carbons (Fsp3) is 0.846. The molecule has 0 bridgehead atoms. The van der Waals surface area contributed by atoms with Crippen LogP contribution >= 0.6 is 0 Å². The van der Waals surface area contributed by atoms with Crippen LogP contribution in [-0.2, 0) is 0 Å². The lowest BCUT2D eigenvalue weighted by Crippen LogP contribution is -2.52. The van der Waals surface area contributed by atoms with Gasteiger partial charge in [0.15, 0.2) is 0 Å². The van der Waals surface area contributed by atoms with Gasteiger partial charge >= 0.3 is 0 Å². The van der Waals surface area contributed by atoms with Gasteiger partial charge in [-0.3, -0.25) is 4.90 Å². The van der Waals surface area contributed by atoms with E-state index < -0.39 is 0 Å². The van der Waals surface area contributed by atoms with Gasteiger partial charge in [0.25, 0.3) is 0 Å². The molecular weight excluding hydrogens is 184 g/mol. The molecule has 0 aromatic rings. The Kier molecular flexibility index (Phi) is 3.47. The third kappa shape index (κ3) is 2.61. The standard InChI is InChI=1S/C13H24N2/c1-13(14-2)8-10-15(11-9-13)12-6-4-3-5-7-12/h4,6,12,14H,3,5,7-11H2,1-2H3. The molecule has 0 amide bonds. The van der Waals surface area contributed by atoms with Crippen LogP contribution in [0, 0.1) is 0 Å². The minimum atomic E-state index is 0.384. The van der Waals surface area contributed by atoms with Crippen molar-refractivity contribution in [3.05, 3.63) is 12.2 Å². The Labute approximate surface area is 93.7 Å². The number of nitrogens with zero attached hydrogens (tertiary/aromatic N) is 1. The molecule has 0 aromatic carbocycles. The Balaban J connectivity index is 1.87. The molecule has 1 aliphatic heterocycles. The van der Waals surface area contributed by atoms with Crippen LogP contribution in [0.2, 0.25) is 0 Å². The van der Waals surface area contributed by atoms with Gasteiger partial charge in [-0.05, 0) is 46.1 Å². The molecular formula is C13H24N2. The van der Waals surface area contributed by atoms with Crippen LogP contribution in [0.15, 0.2) is 12.2 Å². The van der Waals surface area contributed by atoms with Crippen molar-refractivity contribution in [2.45, 2.75) is 50.6 Å². The summed E-state index contributed by atoms with van der Waals surface area (Å²) < 4.78 is 0. The number of hydrogen-bond acceptors (Lipinski definition) is 2. The normalized spacial score (nSPS) is 31.7. The topological polar surface area (TPSA) is 15.3 Å². The van der Waals surface area contributed by atoms with Crippen molar-refractivity contribution in [1.29, 1.82) is 0 Å². The molecule has 0 aromatic heterocycles. The van der Waals surface area contributed by atoms with E-state index in [0.29, 0.717) is 5.54 Å². The smallest absolute Gasteiger partial charge is 0.0278 e. The van der Waals surface area contributed by atoms with Crippen LogP contribution in [0.4, 0.5) is 0 Å². The van der Waals surface area contributed by atoms with E-state index in [-0.39, 0.29) is 0 Å². The molecule has 1 N–H and O–H groups in total. The van der Waals surface area contributed by atoms with Crippen molar-refractivity contribution >= 4 is 0 Å². The van der Waals surface area contributed by atoms with Crippen molar-refractivity contribution in [3.8, 4) is 0 Å². The van der Waals surface area contributed by atoms with E-state index >= 15 is 0 Å². The summed E-state index contributed by atoms with van der Waals surface area (Å²) in [4.78, 5) is 2.66. The first-order valence-electron chi connectivity index (χ1n) is 6.33. The summed E-state index contributed by atoms with van der Waals surface area (Å²) in [5.74, 6) is 0. The lowest BCUT2D eigenvalue weighted by Gasteiger charge is -2.42. The van der Waals surface area contributed by atoms with Crippen LogP contribution in [0.5, 0.6) is 0 Å². The largest absolute Gasteiger partial charge is 0.314 e. The second kappa shape index (κ2) is 4.67. The van der Waals surface area contributed by atoms with Gasteiger partial charge in [0.05, 0.1) is 0 Å². The maximum atomic E-state index is 3.46. The Morgan fingerprint density at radius 1 is 1.33 bits per heavy atom. The SMILES string of the molecule is CNC1(C)CCN(C2C=CCCC2)CC1. The van der Waals surface area contributed by atoms with Crippen molar-refractivity contribution < 1.29 is 0 Å². The van der Waals surface area contributed by atoms with Crippen molar-refractivity contribution in [2.24, 2.45) is 0 Å². The molecule has 2 aliphatic rings. The Morgan fingerprint density at radius 2 is 2.07 bits per heavy atom. The van der Waals surface area contributed by atoms with Crippen LogP contribution in [0.25, 0.3) is 0 Å². The maximum Gasteiger partial charge on any atom is 0.0278 e. The number of piperidine rings is 1. The molecule has 0 spiro atoms. The fourth-order valence-electron chi connectivity index (χ4n) is 2.70. The summed E-state index contributed by atoms with van der Waals surface area (Å²) in [6.45, 7) is 4.86. The molecule has 1 unspecified atom stereocenters. The van der Waals surface area contributed by atoms with Gasteiger partial charge in [-0.1, -0.05) is 12.2 Å². The van der Waals surface area contributed by atoms with E-state index in [1.807, 2.05) is 0 Å². The summed E-state index contributed by atoms with van der Waals surface area (Å²) in [5.41, 5.74) is 0.384.